The van der Waals surface area contributed by atoms with E-state index in [1.807, 2.05) is 0 Å². The van der Waals surface area contributed by atoms with Crippen LogP contribution in [0.3, 0.4) is 0 Å². The number of carbonyl (C=O) groups excluding carboxylic acids is 2. The van der Waals surface area contributed by atoms with Crippen molar-refractivity contribution in [1.29, 1.82) is 0 Å². The Bertz CT molecular complexity index is 701. The van der Waals surface area contributed by atoms with Gasteiger partial charge in [0, 0.05) is 18.4 Å². The molecule has 0 atom stereocenters. The van der Waals surface area contributed by atoms with Crippen LogP contribution >= 0.6 is 0 Å². The number of amides is 1. The number of nitrogens with one attached hydrogen (secondary N) is 2. The van der Waals surface area contributed by atoms with Gasteiger partial charge in [-0.3, -0.25) is 4.79 Å². The molecule has 126 valence electrons. The SMILES string of the molecule is CCCCNc1nccc(C(=O)Nc2ccc(C(=O)OC)cc2)n1. The molecule has 1 amide bonds. The quantitative estimate of drug-likeness (QED) is 0.599. The van der Waals surface area contributed by atoms with E-state index < -0.39 is 5.97 Å². The minimum Gasteiger partial charge on any atom is -0.465 e. The molecule has 7 nitrogen and oxygen atoms in total. The number of methoxy groups -OCH3 is 1. The van der Waals surface area contributed by atoms with Crippen LogP contribution in [0.1, 0.15) is 40.6 Å². The standard InChI is InChI=1S/C17H20N4O3/c1-3-4-10-18-17-19-11-9-14(21-17)15(22)20-13-7-5-12(6-8-13)16(23)24-2/h5-9,11H,3-4,10H2,1-2H3,(H,20,22)(H,18,19,21). The van der Waals surface area contributed by atoms with Crippen molar-refractivity contribution >= 4 is 23.5 Å². The van der Waals surface area contributed by atoms with Gasteiger partial charge in [-0.15, -0.1) is 0 Å². The van der Waals surface area contributed by atoms with Crippen molar-refractivity contribution in [1.82, 2.24) is 9.97 Å². The molecule has 0 aliphatic rings. The van der Waals surface area contributed by atoms with Crippen molar-refractivity contribution in [2.24, 2.45) is 0 Å². The minimum absolute atomic E-state index is 0.265. The molecule has 0 radical (unpaired) electrons. The van der Waals surface area contributed by atoms with Crippen molar-refractivity contribution < 1.29 is 14.3 Å². The van der Waals surface area contributed by atoms with Gasteiger partial charge in [-0.2, -0.15) is 0 Å². The van der Waals surface area contributed by atoms with Crippen molar-refractivity contribution in [2.45, 2.75) is 19.8 Å². The van der Waals surface area contributed by atoms with Gasteiger partial charge in [-0.25, -0.2) is 14.8 Å². The third-order valence-corrected chi connectivity index (χ3v) is 3.27. The Balaban J connectivity index is 2.01. The van der Waals surface area contributed by atoms with Gasteiger partial charge in [0.2, 0.25) is 5.95 Å². The lowest BCUT2D eigenvalue weighted by Gasteiger charge is -2.07. The highest BCUT2D eigenvalue weighted by atomic mass is 16.5. The summed E-state index contributed by atoms with van der Waals surface area (Å²) < 4.78 is 4.63. The van der Waals surface area contributed by atoms with Crippen LogP contribution in [0.25, 0.3) is 0 Å². The summed E-state index contributed by atoms with van der Waals surface area (Å²) in [6.45, 7) is 2.86. The average molecular weight is 328 g/mol. The maximum Gasteiger partial charge on any atom is 0.337 e. The fraction of sp³-hybridized carbons (Fsp3) is 0.294. The first kappa shape index (κ1) is 17.4. The number of anilines is 2. The Morgan fingerprint density at radius 2 is 1.92 bits per heavy atom. The molecule has 1 aromatic carbocycles. The largest absolute Gasteiger partial charge is 0.465 e. The summed E-state index contributed by atoms with van der Waals surface area (Å²) in [6.07, 6.45) is 3.61. The molecule has 0 saturated carbocycles. The molecule has 0 spiro atoms. The first-order valence-electron chi connectivity index (χ1n) is 7.70. The van der Waals surface area contributed by atoms with Crippen LogP contribution in [0.15, 0.2) is 36.5 Å². The lowest BCUT2D eigenvalue weighted by atomic mass is 10.2. The summed E-state index contributed by atoms with van der Waals surface area (Å²) in [7, 11) is 1.32. The highest BCUT2D eigenvalue weighted by molar-refractivity contribution is 6.03. The molecule has 2 rings (SSSR count). The molecule has 0 fully saturated rings. The number of hydrogen-bond acceptors (Lipinski definition) is 6. The third kappa shape index (κ3) is 4.77. The molecule has 1 aromatic heterocycles. The Labute approximate surface area is 140 Å². The van der Waals surface area contributed by atoms with E-state index in [1.165, 1.54) is 13.3 Å². The fourth-order valence-corrected chi connectivity index (χ4v) is 1.95. The Hall–Kier alpha value is -2.96. The topological polar surface area (TPSA) is 93.2 Å². The van der Waals surface area contributed by atoms with Gasteiger partial charge in [0.05, 0.1) is 12.7 Å². The summed E-state index contributed by atoms with van der Waals surface area (Å²) in [4.78, 5) is 31.9. The summed E-state index contributed by atoms with van der Waals surface area (Å²) in [6, 6.07) is 7.97. The molecular formula is C17H20N4O3. The second-order valence-corrected chi connectivity index (χ2v) is 5.07. The first-order valence-corrected chi connectivity index (χ1v) is 7.70. The van der Waals surface area contributed by atoms with E-state index in [9.17, 15) is 9.59 Å². The highest BCUT2D eigenvalue weighted by Crippen LogP contribution is 2.12. The summed E-state index contributed by atoms with van der Waals surface area (Å²) in [5.74, 6) is -0.342. The predicted molar refractivity (Wildman–Crippen MR) is 91.2 cm³/mol. The van der Waals surface area contributed by atoms with E-state index in [-0.39, 0.29) is 11.6 Å². The lowest BCUT2D eigenvalue weighted by molar-refractivity contribution is 0.0600. The van der Waals surface area contributed by atoms with Gasteiger partial charge in [0.25, 0.3) is 5.91 Å². The van der Waals surface area contributed by atoms with Gasteiger partial charge >= 0.3 is 5.97 Å². The molecule has 7 heteroatoms. The van der Waals surface area contributed by atoms with E-state index in [0.717, 1.165) is 19.4 Å². The van der Waals surface area contributed by atoms with Gasteiger partial charge < -0.3 is 15.4 Å². The van der Waals surface area contributed by atoms with E-state index in [0.29, 0.717) is 17.2 Å². The second kappa shape index (κ2) is 8.61. The molecule has 1 heterocycles. The van der Waals surface area contributed by atoms with Gasteiger partial charge in [0.15, 0.2) is 0 Å². The van der Waals surface area contributed by atoms with Crippen LogP contribution in [0, 0.1) is 0 Å². The minimum atomic E-state index is -0.425. The number of carbonyl (C=O) groups is 2. The van der Waals surface area contributed by atoms with Crippen molar-refractivity contribution in [3.63, 3.8) is 0 Å². The Morgan fingerprint density at radius 1 is 1.17 bits per heavy atom. The molecule has 0 aliphatic heterocycles. The number of rotatable bonds is 7. The number of benzene rings is 1. The predicted octanol–water partition coefficient (Wildman–Crippen LogP) is 2.73. The maximum atomic E-state index is 12.3. The zero-order chi connectivity index (χ0) is 17.4. The molecule has 0 unspecified atom stereocenters. The average Bonchev–Trinajstić information content (AvgIpc) is 2.62. The number of nitrogens with zero attached hydrogens (tertiary/aromatic N) is 2. The van der Waals surface area contributed by atoms with E-state index in [2.05, 4.69) is 32.3 Å². The number of esters is 1. The Kier molecular flexibility index (Phi) is 6.24. The fourth-order valence-electron chi connectivity index (χ4n) is 1.95. The van der Waals surface area contributed by atoms with Gasteiger partial charge in [-0.05, 0) is 36.8 Å². The van der Waals surface area contributed by atoms with Crippen LogP contribution in [-0.2, 0) is 4.74 Å². The number of ether oxygens (including phenoxy) is 1. The zero-order valence-corrected chi connectivity index (χ0v) is 13.7. The van der Waals surface area contributed by atoms with Crippen LogP contribution in [0.5, 0.6) is 0 Å². The molecule has 0 saturated heterocycles. The van der Waals surface area contributed by atoms with Crippen LogP contribution in [-0.4, -0.2) is 35.5 Å². The number of hydrogen-bond donors (Lipinski definition) is 2. The molecule has 2 aromatic rings. The maximum absolute atomic E-state index is 12.3. The molecule has 2 N–H and O–H groups in total. The number of aromatic nitrogens is 2. The van der Waals surface area contributed by atoms with Crippen molar-refractivity contribution in [3.8, 4) is 0 Å². The Morgan fingerprint density at radius 3 is 2.58 bits per heavy atom. The second-order valence-electron chi connectivity index (χ2n) is 5.07. The zero-order valence-electron chi connectivity index (χ0n) is 13.7. The van der Waals surface area contributed by atoms with Crippen LogP contribution in [0.4, 0.5) is 11.6 Å². The van der Waals surface area contributed by atoms with Gasteiger partial charge in [-0.1, -0.05) is 13.3 Å². The summed E-state index contributed by atoms with van der Waals surface area (Å²) in [5, 5.41) is 5.81. The molecule has 0 aliphatic carbocycles. The molecule has 0 bridgehead atoms. The van der Waals surface area contributed by atoms with Crippen molar-refractivity contribution in [2.75, 3.05) is 24.3 Å². The van der Waals surface area contributed by atoms with Crippen molar-refractivity contribution in [3.05, 3.63) is 47.8 Å². The molecular weight excluding hydrogens is 308 g/mol. The summed E-state index contributed by atoms with van der Waals surface area (Å²) >= 11 is 0. The van der Waals surface area contributed by atoms with E-state index >= 15 is 0 Å². The van der Waals surface area contributed by atoms with E-state index in [1.54, 1.807) is 30.3 Å². The number of unbranched alkanes of at least 4 members (excludes halogenated alkanes) is 1. The van der Waals surface area contributed by atoms with Crippen LogP contribution in [0.2, 0.25) is 0 Å². The first-order chi connectivity index (χ1) is 11.6. The van der Waals surface area contributed by atoms with E-state index in [4.69, 9.17) is 0 Å². The summed E-state index contributed by atoms with van der Waals surface area (Å²) in [5.41, 5.74) is 1.24. The normalized spacial score (nSPS) is 10.1. The smallest absolute Gasteiger partial charge is 0.337 e. The highest BCUT2D eigenvalue weighted by Gasteiger charge is 2.10. The monoisotopic (exact) mass is 328 g/mol. The molecule has 24 heavy (non-hydrogen) atoms. The van der Waals surface area contributed by atoms with Crippen LogP contribution < -0.4 is 10.6 Å². The van der Waals surface area contributed by atoms with Gasteiger partial charge in [0.1, 0.15) is 5.69 Å². The lowest BCUT2D eigenvalue weighted by Crippen LogP contribution is -2.15. The third-order valence-electron chi connectivity index (χ3n) is 3.27.